The lowest BCUT2D eigenvalue weighted by molar-refractivity contribution is 0.677. The van der Waals surface area contributed by atoms with Crippen LogP contribution in [-0.4, -0.2) is 12.6 Å². The van der Waals surface area contributed by atoms with E-state index in [9.17, 15) is 0 Å². The van der Waals surface area contributed by atoms with Crippen LogP contribution in [0.1, 0.15) is 28.8 Å². The van der Waals surface area contributed by atoms with E-state index < -0.39 is 0 Å². The summed E-state index contributed by atoms with van der Waals surface area (Å²) in [7, 11) is 0. The molecule has 0 amide bonds. The van der Waals surface area contributed by atoms with Crippen LogP contribution in [0, 0.1) is 0 Å². The first-order chi connectivity index (χ1) is 10.3. The molecule has 0 bridgehead atoms. The molecule has 0 atom stereocenters. The van der Waals surface area contributed by atoms with Crippen LogP contribution >= 0.6 is 22.9 Å². The predicted molar refractivity (Wildman–Crippen MR) is 90.4 cm³/mol. The van der Waals surface area contributed by atoms with Crippen LogP contribution in [0.25, 0.3) is 0 Å². The molecule has 0 spiro atoms. The molecular weight excluding hydrogens is 300 g/mol. The number of hydrogen-bond donors (Lipinski definition) is 1. The number of fused-ring (bicyclic) bond motifs is 1. The highest BCUT2D eigenvalue weighted by molar-refractivity contribution is 7.10. The normalized spacial score (nSPS) is 17.9. The summed E-state index contributed by atoms with van der Waals surface area (Å²) in [4.78, 5) is 4.05. The smallest absolute Gasteiger partial charge is 0.0440 e. The van der Waals surface area contributed by atoms with Gasteiger partial charge >= 0.3 is 0 Å². The Balaban J connectivity index is 1.58. The zero-order chi connectivity index (χ0) is 14.2. The molecule has 1 saturated carbocycles. The predicted octanol–water partition coefficient (Wildman–Crippen LogP) is 4.22. The van der Waals surface area contributed by atoms with Gasteiger partial charge in [-0.1, -0.05) is 11.6 Å². The molecule has 2 nitrogen and oxygen atoms in total. The van der Waals surface area contributed by atoms with Crippen molar-refractivity contribution in [3.63, 3.8) is 0 Å². The number of anilines is 1. The highest BCUT2D eigenvalue weighted by Crippen LogP contribution is 2.31. The van der Waals surface area contributed by atoms with Crippen molar-refractivity contribution in [1.29, 1.82) is 0 Å². The van der Waals surface area contributed by atoms with Gasteiger partial charge in [-0.15, -0.1) is 11.3 Å². The van der Waals surface area contributed by atoms with Gasteiger partial charge in [0.15, 0.2) is 0 Å². The number of thiophene rings is 1. The van der Waals surface area contributed by atoms with Gasteiger partial charge in [-0.25, -0.2) is 0 Å². The van der Waals surface area contributed by atoms with Crippen LogP contribution in [-0.2, 0) is 19.5 Å². The van der Waals surface area contributed by atoms with E-state index in [1.54, 1.807) is 4.88 Å². The SMILES string of the molecule is Clc1ccc(N2CCc3sccc3C2)c(CNC2CC2)c1. The zero-order valence-electron chi connectivity index (χ0n) is 11.9. The molecule has 110 valence electrons. The van der Waals surface area contributed by atoms with Crippen LogP contribution in [0.4, 0.5) is 5.69 Å². The fourth-order valence-electron chi connectivity index (χ4n) is 3.00. The maximum absolute atomic E-state index is 6.21. The summed E-state index contributed by atoms with van der Waals surface area (Å²) in [5.74, 6) is 0. The van der Waals surface area contributed by atoms with Crippen molar-refractivity contribution in [3.05, 3.63) is 50.7 Å². The topological polar surface area (TPSA) is 15.3 Å². The molecule has 1 fully saturated rings. The largest absolute Gasteiger partial charge is 0.367 e. The Morgan fingerprint density at radius 2 is 2.19 bits per heavy atom. The Morgan fingerprint density at radius 3 is 3.05 bits per heavy atom. The molecule has 1 aliphatic carbocycles. The molecule has 1 aliphatic heterocycles. The van der Waals surface area contributed by atoms with Crippen molar-refractivity contribution in [1.82, 2.24) is 5.32 Å². The average molecular weight is 319 g/mol. The molecule has 4 rings (SSSR count). The van der Waals surface area contributed by atoms with Gasteiger partial charge in [0.25, 0.3) is 0 Å². The molecule has 1 N–H and O–H groups in total. The van der Waals surface area contributed by atoms with Crippen LogP contribution in [0.2, 0.25) is 5.02 Å². The van der Waals surface area contributed by atoms with E-state index in [-0.39, 0.29) is 0 Å². The Morgan fingerprint density at radius 1 is 1.29 bits per heavy atom. The number of halogens is 1. The minimum atomic E-state index is 0.724. The molecule has 1 aromatic heterocycles. The fraction of sp³-hybridized carbons (Fsp3) is 0.412. The van der Waals surface area contributed by atoms with Crippen LogP contribution in [0.5, 0.6) is 0 Å². The van der Waals surface area contributed by atoms with Gasteiger partial charge in [-0.3, -0.25) is 0 Å². The summed E-state index contributed by atoms with van der Waals surface area (Å²) < 4.78 is 0. The highest BCUT2D eigenvalue weighted by atomic mass is 35.5. The van der Waals surface area contributed by atoms with Crippen LogP contribution in [0.3, 0.4) is 0 Å². The second kappa shape index (κ2) is 5.64. The van der Waals surface area contributed by atoms with Gasteiger partial charge in [0.2, 0.25) is 0 Å². The number of benzene rings is 1. The number of nitrogens with zero attached hydrogens (tertiary/aromatic N) is 1. The maximum atomic E-state index is 6.21. The summed E-state index contributed by atoms with van der Waals surface area (Å²) in [5.41, 5.74) is 4.15. The Hall–Kier alpha value is -1.03. The molecule has 4 heteroatoms. The molecule has 0 saturated heterocycles. The second-order valence-electron chi connectivity index (χ2n) is 5.97. The van der Waals surface area contributed by atoms with E-state index in [1.165, 1.54) is 29.7 Å². The molecular formula is C17H19ClN2S. The van der Waals surface area contributed by atoms with Gasteiger partial charge in [-0.05, 0) is 60.0 Å². The van der Waals surface area contributed by atoms with Gasteiger partial charge in [0.05, 0.1) is 0 Å². The Bertz CT molecular complexity index is 648. The van der Waals surface area contributed by atoms with Gasteiger partial charge in [0.1, 0.15) is 0 Å². The van der Waals surface area contributed by atoms with Gasteiger partial charge < -0.3 is 10.2 Å². The average Bonchev–Trinajstić information content (AvgIpc) is 3.20. The summed E-state index contributed by atoms with van der Waals surface area (Å²) in [6.45, 7) is 3.05. The third-order valence-corrected chi connectivity index (χ3v) is 5.61. The number of nitrogens with one attached hydrogen (secondary N) is 1. The quantitative estimate of drug-likeness (QED) is 0.908. The van der Waals surface area contributed by atoms with E-state index in [1.807, 2.05) is 17.4 Å². The lowest BCUT2D eigenvalue weighted by atomic mass is 10.1. The minimum absolute atomic E-state index is 0.724. The molecule has 1 aromatic carbocycles. The van der Waals surface area contributed by atoms with Crippen LogP contribution in [0.15, 0.2) is 29.6 Å². The fourth-order valence-corrected chi connectivity index (χ4v) is 4.08. The second-order valence-corrected chi connectivity index (χ2v) is 7.41. The Kier molecular flexibility index (Phi) is 3.66. The molecule has 0 radical (unpaired) electrons. The van der Waals surface area contributed by atoms with E-state index in [0.29, 0.717) is 0 Å². The summed E-state index contributed by atoms with van der Waals surface area (Å²) in [6, 6.07) is 9.31. The van der Waals surface area contributed by atoms with Crippen molar-refractivity contribution in [2.24, 2.45) is 0 Å². The number of rotatable bonds is 4. The van der Waals surface area contributed by atoms with Crippen molar-refractivity contribution >= 4 is 28.6 Å². The summed E-state index contributed by atoms with van der Waals surface area (Å²) in [6.07, 6.45) is 3.79. The molecule has 2 aliphatic rings. The van der Waals surface area contributed by atoms with Crippen molar-refractivity contribution in [3.8, 4) is 0 Å². The van der Waals surface area contributed by atoms with E-state index in [0.717, 1.165) is 37.1 Å². The van der Waals surface area contributed by atoms with Gasteiger partial charge in [-0.2, -0.15) is 0 Å². The minimum Gasteiger partial charge on any atom is -0.367 e. The third kappa shape index (κ3) is 2.96. The van der Waals surface area contributed by atoms with E-state index >= 15 is 0 Å². The van der Waals surface area contributed by atoms with Crippen molar-refractivity contribution in [2.45, 2.75) is 38.4 Å². The first-order valence-electron chi connectivity index (χ1n) is 7.61. The lowest BCUT2D eigenvalue weighted by Gasteiger charge is -2.31. The molecule has 2 aromatic rings. The summed E-state index contributed by atoms with van der Waals surface area (Å²) >= 11 is 8.10. The highest BCUT2D eigenvalue weighted by Gasteiger charge is 2.23. The third-order valence-electron chi connectivity index (χ3n) is 4.35. The molecule has 2 heterocycles. The first-order valence-corrected chi connectivity index (χ1v) is 8.87. The lowest BCUT2D eigenvalue weighted by Crippen LogP contribution is -2.31. The first kappa shape index (κ1) is 13.6. The monoisotopic (exact) mass is 318 g/mol. The van der Waals surface area contributed by atoms with Gasteiger partial charge in [0, 0.05) is 41.3 Å². The standard InChI is InChI=1S/C17H19ClN2S/c18-14-1-4-16(13(9-14)10-19-15-2-3-15)20-7-5-17-12(11-20)6-8-21-17/h1,4,6,8-9,15,19H,2-3,5,7,10-11H2. The molecule has 0 unspecified atom stereocenters. The maximum Gasteiger partial charge on any atom is 0.0440 e. The summed E-state index contributed by atoms with van der Waals surface area (Å²) in [5, 5.41) is 6.66. The number of hydrogen-bond acceptors (Lipinski definition) is 3. The Labute approximate surface area is 134 Å². The molecule has 21 heavy (non-hydrogen) atoms. The van der Waals surface area contributed by atoms with Crippen LogP contribution < -0.4 is 10.2 Å². The van der Waals surface area contributed by atoms with Crippen molar-refractivity contribution in [2.75, 3.05) is 11.4 Å². The van der Waals surface area contributed by atoms with E-state index in [2.05, 4.69) is 33.8 Å². The van der Waals surface area contributed by atoms with Crippen molar-refractivity contribution < 1.29 is 0 Å². The van der Waals surface area contributed by atoms with E-state index in [4.69, 9.17) is 11.6 Å². The zero-order valence-corrected chi connectivity index (χ0v) is 13.5.